The van der Waals surface area contributed by atoms with Crippen LogP contribution in [0.1, 0.15) is 12.8 Å². The molecule has 138 valence electrons. The molecule has 1 fully saturated rings. The van der Waals surface area contributed by atoms with E-state index in [2.05, 4.69) is 34.2 Å². The maximum Gasteiger partial charge on any atom is 0.241 e. The Hall–Kier alpha value is -1.91. The van der Waals surface area contributed by atoms with Gasteiger partial charge in [0.15, 0.2) is 0 Å². The normalized spacial score (nSPS) is 15.6. The van der Waals surface area contributed by atoms with Crippen LogP contribution in [-0.2, 0) is 14.8 Å². The second-order valence-electron chi connectivity index (χ2n) is 5.72. The molecule has 1 amide bonds. The van der Waals surface area contributed by atoms with Crippen LogP contribution in [0.3, 0.4) is 0 Å². The summed E-state index contributed by atoms with van der Waals surface area (Å²) in [4.78, 5) is 14.0. The molecule has 8 nitrogen and oxygen atoms in total. The monoisotopic (exact) mass is 385 g/mol. The maximum absolute atomic E-state index is 12.3. The van der Waals surface area contributed by atoms with Gasteiger partial charge in [-0.2, -0.15) is 0 Å². The van der Waals surface area contributed by atoms with Gasteiger partial charge < -0.3 is 20.7 Å². The van der Waals surface area contributed by atoms with Gasteiger partial charge in [0, 0.05) is 24.5 Å². The Morgan fingerprint density at radius 3 is 2.60 bits per heavy atom. The summed E-state index contributed by atoms with van der Waals surface area (Å²) >= 11 is 3.98. The summed E-state index contributed by atoms with van der Waals surface area (Å²) in [5.74, 6) is -0.0614. The number of para-hydroxylation sites is 1. The lowest BCUT2D eigenvalue weighted by Gasteiger charge is -2.32. The zero-order chi connectivity index (χ0) is 18.4. The number of carbonyl (C=O) groups is 1. The van der Waals surface area contributed by atoms with Crippen LogP contribution in [0.4, 0.5) is 17.1 Å². The minimum absolute atomic E-state index is 0.0614. The number of amides is 1. The number of nitrogen functional groups attached to an aromatic ring is 1. The molecule has 10 heteroatoms. The van der Waals surface area contributed by atoms with Crippen molar-refractivity contribution >= 4 is 45.8 Å². The summed E-state index contributed by atoms with van der Waals surface area (Å²) in [6, 6.07) is 5.20. The summed E-state index contributed by atoms with van der Waals surface area (Å²) in [6.07, 6.45) is 1.14. The van der Waals surface area contributed by atoms with Gasteiger partial charge in [-0.25, -0.2) is 13.1 Å². The molecule has 0 unspecified atom stereocenters. The molecule has 5 N–H and O–H groups in total. The van der Waals surface area contributed by atoms with E-state index in [1.54, 1.807) is 23.1 Å². The van der Waals surface area contributed by atoms with Crippen molar-refractivity contribution in [1.29, 1.82) is 0 Å². The minimum Gasteiger partial charge on any atom is -0.395 e. The topological polar surface area (TPSA) is 117 Å². The van der Waals surface area contributed by atoms with Gasteiger partial charge in [0.1, 0.15) is 0 Å². The van der Waals surface area contributed by atoms with Gasteiger partial charge in [0.2, 0.25) is 15.9 Å². The van der Waals surface area contributed by atoms with E-state index in [4.69, 9.17) is 5.73 Å². The first-order valence-electron chi connectivity index (χ1n) is 7.81. The predicted octanol–water partition coefficient (Wildman–Crippen LogP) is 0.991. The Labute approximate surface area is 153 Å². The average molecular weight is 386 g/mol. The van der Waals surface area contributed by atoms with Crippen LogP contribution in [0.2, 0.25) is 0 Å². The molecule has 0 aromatic heterocycles. The molecule has 1 aromatic carbocycles. The fraction of sp³-hybridized carbons (Fsp3) is 0.400. The number of nitrogens with one attached hydrogen (secondary N) is 3. The number of anilines is 3. The van der Waals surface area contributed by atoms with E-state index in [0.717, 1.165) is 5.41 Å². The second-order valence-corrected chi connectivity index (χ2v) is 7.60. The van der Waals surface area contributed by atoms with Crippen molar-refractivity contribution in [3.8, 4) is 0 Å². The van der Waals surface area contributed by atoms with Gasteiger partial charge in [0.05, 0.1) is 23.6 Å². The average Bonchev–Trinajstić information content (AvgIpc) is 2.61. The van der Waals surface area contributed by atoms with Crippen molar-refractivity contribution in [3.05, 3.63) is 30.2 Å². The fourth-order valence-electron chi connectivity index (χ4n) is 2.63. The Morgan fingerprint density at radius 2 is 2.00 bits per heavy atom. The van der Waals surface area contributed by atoms with E-state index in [-0.39, 0.29) is 18.5 Å². The van der Waals surface area contributed by atoms with Crippen LogP contribution in [0, 0.1) is 0 Å². The predicted molar refractivity (Wildman–Crippen MR) is 104 cm³/mol. The van der Waals surface area contributed by atoms with E-state index in [9.17, 15) is 13.2 Å². The standard InChI is InChI=1S/C15H23N5O3S2/c1-2-25(22,23)19-11-6-8-20(9-7-11)14(21)10-17-12-4-3-5-13(18-24)15(12)16/h2-5,11,17-19,24H,1,6-10,16H2. The highest BCUT2D eigenvalue weighted by atomic mass is 32.2. The third-order valence-electron chi connectivity index (χ3n) is 4.05. The number of rotatable bonds is 7. The minimum atomic E-state index is -3.44. The van der Waals surface area contributed by atoms with Crippen molar-refractivity contribution in [1.82, 2.24) is 9.62 Å². The van der Waals surface area contributed by atoms with Gasteiger partial charge in [-0.1, -0.05) is 25.5 Å². The maximum atomic E-state index is 12.3. The molecule has 1 aliphatic rings. The van der Waals surface area contributed by atoms with Gasteiger partial charge in [0.25, 0.3) is 0 Å². The number of benzene rings is 1. The molecule has 0 radical (unpaired) electrons. The molecular weight excluding hydrogens is 362 g/mol. The summed E-state index contributed by atoms with van der Waals surface area (Å²) in [6.45, 7) is 4.38. The van der Waals surface area contributed by atoms with Crippen LogP contribution in [0.15, 0.2) is 30.2 Å². The third kappa shape index (κ3) is 5.28. The second kappa shape index (κ2) is 8.45. The Morgan fingerprint density at radius 1 is 1.36 bits per heavy atom. The van der Waals surface area contributed by atoms with Crippen LogP contribution in [0.5, 0.6) is 0 Å². The van der Waals surface area contributed by atoms with Crippen LogP contribution in [0.25, 0.3) is 0 Å². The number of nitrogens with two attached hydrogens (primary N) is 1. The van der Waals surface area contributed by atoms with E-state index in [1.807, 2.05) is 0 Å². The molecule has 0 atom stereocenters. The molecular formula is C15H23N5O3S2. The number of carbonyl (C=O) groups excluding carboxylic acids is 1. The fourth-order valence-corrected chi connectivity index (χ4v) is 3.62. The summed E-state index contributed by atoms with van der Waals surface area (Å²) in [7, 11) is -3.44. The van der Waals surface area contributed by atoms with Gasteiger partial charge >= 0.3 is 0 Å². The molecule has 2 rings (SSSR count). The first-order chi connectivity index (χ1) is 11.9. The SMILES string of the molecule is C=CS(=O)(=O)NC1CCN(C(=O)CNc2cccc(NS)c2N)CC1. The number of piperidine rings is 1. The summed E-state index contributed by atoms with van der Waals surface area (Å²) in [5, 5.41) is 3.92. The zero-order valence-corrected chi connectivity index (χ0v) is 15.4. The van der Waals surface area contributed by atoms with Crippen molar-refractivity contribution in [3.63, 3.8) is 0 Å². The summed E-state index contributed by atoms with van der Waals surface area (Å²) in [5.41, 5.74) is 7.78. The lowest BCUT2D eigenvalue weighted by molar-refractivity contribution is -0.130. The molecule has 1 aliphatic heterocycles. The summed E-state index contributed by atoms with van der Waals surface area (Å²) < 4.78 is 28.2. The van der Waals surface area contributed by atoms with E-state index >= 15 is 0 Å². The quantitative estimate of drug-likeness (QED) is 0.353. The molecule has 0 bridgehead atoms. The molecule has 0 aliphatic carbocycles. The third-order valence-corrected chi connectivity index (χ3v) is 5.40. The lowest BCUT2D eigenvalue weighted by atomic mass is 10.1. The highest BCUT2D eigenvalue weighted by molar-refractivity contribution is 7.92. The smallest absolute Gasteiger partial charge is 0.241 e. The van der Waals surface area contributed by atoms with Crippen LogP contribution < -0.4 is 20.5 Å². The van der Waals surface area contributed by atoms with E-state index in [1.165, 1.54) is 0 Å². The first kappa shape index (κ1) is 19.4. The van der Waals surface area contributed by atoms with Crippen LogP contribution in [-0.4, -0.2) is 44.9 Å². The number of thiol groups is 1. The highest BCUT2D eigenvalue weighted by Gasteiger charge is 2.24. The highest BCUT2D eigenvalue weighted by Crippen LogP contribution is 2.27. The molecule has 25 heavy (non-hydrogen) atoms. The Balaban J connectivity index is 1.84. The molecule has 0 saturated carbocycles. The lowest BCUT2D eigenvalue weighted by Crippen LogP contribution is -2.47. The van der Waals surface area contributed by atoms with Crippen LogP contribution >= 0.6 is 12.8 Å². The van der Waals surface area contributed by atoms with Crippen molar-refractivity contribution < 1.29 is 13.2 Å². The zero-order valence-electron chi connectivity index (χ0n) is 13.7. The number of sulfonamides is 1. The Bertz CT molecular complexity index is 731. The molecule has 1 heterocycles. The molecule has 0 spiro atoms. The van der Waals surface area contributed by atoms with Crippen molar-refractivity contribution in [2.45, 2.75) is 18.9 Å². The van der Waals surface area contributed by atoms with Gasteiger partial charge in [-0.3, -0.25) is 4.79 Å². The number of hydrogen-bond donors (Lipinski definition) is 5. The first-order valence-corrected chi connectivity index (χ1v) is 9.80. The largest absolute Gasteiger partial charge is 0.395 e. The van der Waals surface area contributed by atoms with E-state index in [0.29, 0.717) is 43.0 Å². The number of likely N-dealkylation sites (tertiary alicyclic amines) is 1. The van der Waals surface area contributed by atoms with Gasteiger partial charge in [-0.15, -0.1) is 0 Å². The molecule has 1 aromatic rings. The van der Waals surface area contributed by atoms with Gasteiger partial charge in [-0.05, 0) is 25.0 Å². The molecule has 1 saturated heterocycles. The number of hydrogen-bond acceptors (Lipinski definition) is 7. The van der Waals surface area contributed by atoms with Crippen molar-refractivity contribution in [2.24, 2.45) is 0 Å². The Kier molecular flexibility index (Phi) is 6.57. The van der Waals surface area contributed by atoms with Crippen molar-refractivity contribution in [2.75, 3.05) is 35.4 Å². The number of nitrogens with zero attached hydrogens (tertiary/aromatic N) is 1. The van der Waals surface area contributed by atoms with E-state index < -0.39 is 10.0 Å².